The third-order valence-electron chi connectivity index (χ3n) is 6.52. The highest BCUT2D eigenvalue weighted by molar-refractivity contribution is 9.10. The van der Waals surface area contributed by atoms with Crippen molar-refractivity contribution in [1.29, 1.82) is 5.26 Å². The van der Waals surface area contributed by atoms with Gasteiger partial charge in [-0.05, 0) is 40.4 Å². The molecule has 14 heteroatoms. The van der Waals surface area contributed by atoms with E-state index in [1.807, 2.05) is 22.4 Å². The zero-order valence-electron chi connectivity index (χ0n) is 22.1. The molecule has 10 nitrogen and oxygen atoms in total. The van der Waals surface area contributed by atoms with E-state index in [1.54, 1.807) is 19.2 Å². The number of fused-ring (bicyclic) bond motifs is 2. The molecule has 5 aromatic rings. The van der Waals surface area contributed by atoms with Crippen molar-refractivity contribution in [2.45, 2.75) is 25.4 Å². The fourth-order valence-electron chi connectivity index (χ4n) is 4.55. The Bertz CT molecular complexity index is 1820. The first-order chi connectivity index (χ1) is 19.8. The molecule has 1 aliphatic rings. The molecule has 1 aliphatic heterocycles. The molecular weight excluding hydrogens is 633 g/mol. The number of benzene rings is 1. The number of anilines is 1. The maximum atomic E-state index is 14.1. The summed E-state index contributed by atoms with van der Waals surface area (Å²) in [5.74, 6) is 0.467. The average Bonchev–Trinajstić information content (AvgIpc) is 3.56. The molecule has 0 unspecified atom stereocenters. The largest absolute Gasteiger partial charge is 0.480 e. The van der Waals surface area contributed by atoms with Gasteiger partial charge in [0, 0.05) is 29.9 Å². The fourth-order valence-corrected chi connectivity index (χ4v) is 6.88. The van der Waals surface area contributed by atoms with E-state index >= 15 is 0 Å². The van der Waals surface area contributed by atoms with Gasteiger partial charge in [-0.1, -0.05) is 18.2 Å². The first kappa shape index (κ1) is 28.9. The van der Waals surface area contributed by atoms with Crippen molar-refractivity contribution in [3.63, 3.8) is 0 Å². The summed E-state index contributed by atoms with van der Waals surface area (Å²) in [4.78, 5) is 27.9. The molecular formula is C27H25BrFN7O3S2. The standard InChI is InChI=1S/C19H18FN5OS.C8H7BrN2O2S/c20-15-11-27-17-16(15)23-19(24-7-3-6-14(22)10-24)25(18(17)26)9-13-5-2-1-4-12(13)8-21;1-12-7-6-5(4(9)3-14-6)10-8(11-7)13-2/h1-2,4-5,11,14H,3,6-7,9-10,22H2;3H,1-2H3/t14-;/m1./s1. The van der Waals surface area contributed by atoms with E-state index in [0.717, 1.165) is 44.4 Å². The van der Waals surface area contributed by atoms with Crippen LogP contribution in [0.2, 0.25) is 0 Å². The van der Waals surface area contributed by atoms with E-state index in [1.165, 1.54) is 28.4 Å². The fraction of sp³-hybridized carbons (Fsp3) is 0.296. The summed E-state index contributed by atoms with van der Waals surface area (Å²) >= 11 is 5.99. The highest BCUT2D eigenvalue weighted by atomic mass is 79.9. The van der Waals surface area contributed by atoms with E-state index < -0.39 is 5.82 Å². The lowest BCUT2D eigenvalue weighted by Gasteiger charge is -2.33. The molecule has 1 atom stereocenters. The van der Waals surface area contributed by atoms with Crippen molar-refractivity contribution in [1.82, 2.24) is 19.5 Å². The maximum Gasteiger partial charge on any atom is 0.320 e. The molecule has 0 amide bonds. The maximum absolute atomic E-state index is 14.1. The van der Waals surface area contributed by atoms with Gasteiger partial charge in [-0.3, -0.25) is 9.36 Å². The van der Waals surface area contributed by atoms with Crippen molar-refractivity contribution < 1.29 is 13.9 Å². The van der Waals surface area contributed by atoms with Crippen LogP contribution in [0.25, 0.3) is 20.4 Å². The van der Waals surface area contributed by atoms with Crippen molar-refractivity contribution in [2.24, 2.45) is 5.73 Å². The first-order valence-electron chi connectivity index (χ1n) is 12.5. The molecule has 2 N–H and O–H groups in total. The lowest BCUT2D eigenvalue weighted by Crippen LogP contribution is -2.45. The van der Waals surface area contributed by atoms with Gasteiger partial charge in [0.1, 0.15) is 20.4 Å². The SMILES string of the molecule is COc1nc(OC)c2scc(Br)c2n1.N#Cc1ccccc1Cn1c(N2CCC[C@@H](N)C2)nc2c(F)csc2c1=O. The van der Waals surface area contributed by atoms with Crippen LogP contribution in [0, 0.1) is 17.1 Å². The van der Waals surface area contributed by atoms with Gasteiger partial charge in [0.15, 0.2) is 5.82 Å². The Balaban J connectivity index is 0.000000202. The highest BCUT2D eigenvalue weighted by Crippen LogP contribution is 2.35. The van der Waals surface area contributed by atoms with Crippen LogP contribution in [0.3, 0.4) is 0 Å². The van der Waals surface area contributed by atoms with Gasteiger partial charge >= 0.3 is 6.01 Å². The van der Waals surface area contributed by atoms with E-state index in [4.69, 9.17) is 15.2 Å². The van der Waals surface area contributed by atoms with Crippen LogP contribution in [0.4, 0.5) is 10.3 Å². The quantitative estimate of drug-likeness (QED) is 0.280. The lowest BCUT2D eigenvalue weighted by atomic mass is 10.1. The summed E-state index contributed by atoms with van der Waals surface area (Å²) in [6.07, 6.45) is 1.79. The normalized spacial score (nSPS) is 14.9. The van der Waals surface area contributed by atoms with Crippen LogP contribution in [-0.2, 0) is 6.54 Å². The summed E-state index contributed by atoms with van der Waals surface area (Å²) in [6.45, 7) is 1.47. The number of methoxy groups -OCH3 is 2. The number of nitrogens with zero attached hydrogens (tertiary/aromatic N) is 6. The average molecular weight is 659 g/mol. The van der Waals surface area contributed by atoms with Crippen LogP contribution < -0.4 is 25.7 Å². The van der Waals surface area contributed by atoms with E-state index in [9.17, 15) is 14.4 Å². The molecule has 0 spiro atoms. The number of nitriles is 1. The second-order valence-corrected chi connectivity index (χ2v) is 11.8. The molecule has 41 heavy (non-hydrogen) atoms. The van der Waals surface area contributed by atoms with Gasteiger partial charge in [-0.25, -0.2) is 9.37 Å². The Morgan fingerprint density at radius 1 is 1.15 bits per heavy atom. The number of rotatable bonds is 5. The second kappa shape index (κ2) is 12.5. The Hall–Kier alpha value is -3.64. The molecule has 0 aliphatic carbocycles. The van der Waals surface area contributed by atoms with Crippen molar-refractivity contribution in [3.8, 4) is 18.0 Å². The zero-order valence-corrected chi connectivity index (χ0v) is 25.4. The Kier molecular flexibility index (Phi) is 8.79. The molecule has 4 aromatic heterocycles. The minimum atomic E-state index is -0.487. The number of hydrogen-bond acceptors (Lipinski definition) is 11. The predicted molar refractivity (Wildman–Crippen MR) is 162 cm³/mol. The van der Waals surface area contributed by atoms with Gasteiger partial charge in [-0.15, -0.1) is 22.7 Å². The molecule has 1 saturated heterocycles. The number of nitrogens with two attached hydrogens (primary N) is 1. The molecule has 0 saturated carbocycles. The molecule has 0 radical (unpaired) electrons. The third kappa shape index (κ3) is 5.89. The predicted octanol–water partition coefficient (Wildman–Crippen LogP) is 4.92. The Morgan fingerprint density at radius 2 is 1.93 bits per heavy atom. The van der Waals surface area contributed by atoms with Gasteiger partial charge in [0.05, 0.1) is 36.9 Å². The molecule has 1 fully saturated rings. The van der Waals surface area contributed by atoms with Crippen LogP contribution in [0.1, 0.15) is 24.0 Å². The van der Waals surface area contributed by atoms with Gasteiger partial charge in [-0.2, -0.15) is 15.2 Å². The summed E-state index contributed by atoms with van der Waals surface area (Å²) in [5.41, 5.74) is 7.95. The van der Waals surface area contributed by atoms with Gasteiger partial charge < -0.3 is 20.1 Å². The Morgan fingerprint density at radius 3 is 2.66 bits per heavy atom. The zero-order chi connectivity index (χ0) is 29.1. The van der Waals surface area contributed by atoms with Crippen LogP contribution in [0.5, 0.6) is 11.9 Å². The number of piperidine rings is 1. The molecule has 0 bridgehead atoms. The Labute approximate surface area is 250 Å². The second-order valence-electron chi connectivity index (χ2n) is 9.16. The van der Waals surface area contributed by atoms with Crippen LogP contribution >= 0.6 is 38.6 Å². The number of halogens is 2. The van der Waals surface area contributed by atoms with E-state index in [-0.39, 0.29) is 28.4 Å². The third-order valence-corrected chi connectivity index (χ3v) is 9.31. The van der Waals surface area contributed by atoms with Crippen LogP contribution in [-0.4, -0.2) is 52.9 Å². The number of thiophene rings is 2. The lowest BCUT2D eigenvalue weighted by molar-refractivity contribution is 0.357. The number of aromatic nitrogens is 4. The minimum Gasteiger partial charge on any atom is -0.480 e. The molecule has 5 heterocycles. The van der Waals surface area contributed by atoms with Crippen molar-refractivity contribution in [3.05, 3.63) is 66.8 Å². The summed E-state index contributed by atoms with van der Waals surface area (Å²) in [5, 5.41) is 12.6. The number of hydrogen-bond donors (Lipinski definition) is 1. The summed E-state index contributed by atoms with van der Waals surface area (Å²) in [6, 6.07) is 9.60. The van der Waals surface area contributed by atoms with Crippen LogP contribution in [0.15, 0.2) is 44.3 Å². The highest BCUT2D eigenvalue weighted by Gasteiger charge is 2.24. The van der Waals surface area contributed by atoms with E-state index in [0.29, 0.717) is 36.5 Å². The van der Waals surface area contributed by atoms with Crippen molar-refractivity contribution >= 4 is 65.0 Å². The summed E-state index contributed by atoms with van der Waals surface area (Å²) < 4.78 is 27.9. The molecule has 1 aromatic carbocycles. The molecule has 6 rings (SSSR count). The van der Waals surface area contributed by atoms with Gasteiger partial charge in [0.2, 0.25) is 11.8 Å². The smallest absolute Gasteiger partial charge is 0.320 e. The summed E-state index contributed by atoms with van der Waals surface area (Å²) in [7, 11) is 3.11. The number of ether oxygens (including phenoxy) is 2. The van der Waals surface area contributed by atoms with Crippen molar-refractivity contribution in [2.75, 3.05) is 32.2 Å². The topological polar surface area (TPSA) is 132 Å². The monoisotopic (exact) mass is 657 g/mol. The van der Waals surface area contributed by atoms with E-state index in [2.05, 4.69) is 37.0 Å². The molecule has 212 valence electrons. The minimum absolute atomic E-state index is 0.0153. The van der Waals surface area contributed by atoms with Gasteiger partial charge in [0.25, 0.3) is 5.56 Å². The first-order valence-corrected chi connectivity index (χ1v) is 15.1.